The molecule has 0 amide bonds. The zero-order chi connectivity index (χ0) is 14.0. The molecule has 1 saturated heterocycles. The van der Waals surface area contributed by atoms with Gasteiger partial charge in [-0.1, -0.05) is 6.92 Å². The average Bonchev–Trinajstić information content (AvgIpc) is 2.33. The molecule has 1 aromatic rings. The van der Waals surface area contributed by atoms with Crippen LogP contribution in [0.15, 0.2) is 18.2 Å². The smallest absolute Gasteiger partial charge is 0.274 e. The first kappa shape index (κ1) is 13.9. The number of β-amino-alcohol motifs (C(OH)–C–C–N with tert-alkyl or cyclic N) is 1. The fraction of sp³-hybridized carbons (Fsp3) is 0.538. The second-order valence-corrected chi connectivity index (χ2v) is 5.10. The molecular formula is C13H17FN2O3. The Labute approximate surface area is 110 Å². The van der Waals surface area contributed by atoms with E-state index in [0.717, 1.165) is 19.0 Å². The van der Waals surface area contributed by atoms with Crippen molar-refractivity contribution in [2.24, 2.45) is 5.92 Å². The van der Waals surface area contributed by atoms with Gasteiger partial charge in [-0.15, -0.1) is 0 Å². The minimum atomic E-state index is -0.502. The van der Waals surface area contributed by atoms with E-state index in [4.69, 9.17) is 0 Å². The SMILES string of the molecule is CC1CCN(Cc2cc(F)ccc2[N+](=O)[O-])CC1O. The lowest BCUT2D eigenvalue weighted by Gasteiger charge is -2.34. The van der Waals surface area contributed by atoms with Crippen LogP contribution in [0.4, 0.5) is 10.1 Å². The molecule has 19 heavy (non-hydrogen) atoms. The Morgan fingerprint density at radius 2 is 2.32 bits per heavy atom. The topological polar surface area (TPSA) is 66.6 Å². The highest BCUT2D eigenvalue weighted by Crippen LogP contribution is 2.24. The molecule has 0 bridgehead atoms. The van der Waals surface area contributed by atoms with Crippen LogP contribution >= 0.6 is 0 Å². The molecule has 2 atom stereocenters. The second-order valence-electron chi connectivity index (χ2n) is 5.10. The molecule has 0 radical (unpaired) electrons. The molecule has 1 aromatic carbocycles. The summed E-state index contributed by atoms with van der Waals surface area (Å²) in [6.07, 6.45) is 0.408. The lowest BCUT2D eigenvalue weighted by atomic mass is 9.95. The summed E-state index contributed by atoms with van der Waals surface area (Å²) in [5.41, 5.74) is 0.279. The summed E-state index contributed by atoms with van der Waals surface area (Å²) >= 11 is 0. The molecule has 1 aliphatic rings. The zero-order valence-electron chi connectivity index (χ0n) is 10.8. The summed E-state index contributed by atoms with van der Waals surface area (Å²) < 4.78 is 13.2. The number of nitrogens with zero attached hydrogens (tertiary/aromatic N) is 2. The molecule has 2 unspecified atom stereocenters. The second kappa shape index (κ2) is 5.63. The number of rotatable bonds is 3. The van der Waals surface area contributed by atoms with Crippen LogP contribution in [0.2, 0.25) is 0 Å². The average molecular weight is 268 g/mol. The Kier molecular flexibility index (Phi) is 4.11. The van der Waals surface area contributed by atoms with Gasteiger partial charge in [0.2, 0.25) is 0 Å². The molecule has 104 valence electrons. The number of hydrogen-bond acceptors (Lipinski definition) is 4. The molecular weight excluding hydrogens is 251 g/mol. The third-order valence-electron chi connectivity index (χ3n) is 3.63. The first-order chi connectivity index (χ1) is 8.97. The highest BCUT2D eigenvalue weighted by molar-refractivity contribution is 5.40. The van der Waals surface area contributed by atoms with Crippen molar-refractivity contribution < 1.29 is 14.4 Å². The van der Waals surface area contributed by atoms with Gasteiger partial charge in [0.05, 0.1) is 11.0 Å². The van der Waals surface area contributed by atoms with Crippen LogP contribution in [0.25, 0.3) is 0 Å². The number of aliphatic hydroxyl groups excluding tert-OH is 1. The quantitative estimate of drug-likeness (QED) is 0.672. The lowest BCUT2D eigenvalue weighted by Crippen LogP contribution is -2.42. The minimum absolute atomic E-state index is 0.0745. The Morgan fingerprint density at radius 3 is 2.95 bits per heavy atom. The number of likely N-dealkylation sites (tertiary alicyclic amines) is 1. The van der Waals surface area contributed by atoms with E-state index in [1.807, 2.05) is 11.8 Å². The van der Waals surface area contributed by atoms with Crippen LogP contribution in [0, 0.1) is 21.8 Å². The molecule has 0 spiro atoms. The van der Waals surface area contributed by atoms with Crippen LogP contribution in [0.5, 0.6) is 0 Å². The molecule has 1 aliphatic heterocycles. The number of aliphatic hydroxyl groups is 1. The molecule has 5 nitrogen and oxygen atoms in total. The van der Waals surface area contributed by atoms with E-state index in [1.165, 1.54) is 12.1 Å². The van der Waals surface area contributed by atoms with E-state index in [-0.39, 0.29) is 18.2 Å². The van der Waals surface area contributed by atoms with Crippen molar-refractivity contribution in [1.29, 1.82) is 0 Å². The molecule has 1 N–H and O–H groups in total. The van der Waals surface area contributed by atoms with Gasteiger partial charge >= 0.3 is 0 Å². The van der Waals surface area contributed by atoms with Crippen molar-refractivity contribution in [3.8, 4) is 0 Å². The van der Waals surface area contributed by atoms with E-state index in [1.54, 1.807) is 0 Å². The van der Waals surface area contributed by atoms with Crippen LogP contribution in [-0.2, 0) is 6.54 Å². The van der Waals surface area contributed by atoms with Gasteiger partial charge in [0.25, 0.3) is 5.69 Å². The van der Waals surface area contributed by atoms with E-state index >= 15 is 0 Å². The highest BCUT2D eigenvalue weighted by atomic mass is 19.1. The van der Waals surface area contributed by atoms with Gasteiger partial charge in [-0.25, -0.2) is 4.39 Å². The van der Waals surface area contributed by atoms with Gasteiger partial charge in [-0.3, -0.25) is 15.0 Å². The minimum Gasteiger partial charge on any atom is -0.392 e. The number of halogens is 1. The van der Waals surface area contributed by atoms with Crippen molar-refractivity contribution in [2.75, 3.05) is 13.1 Å². The van der Waals surface area contributed by atoms with Crippen LogP contribution in [0.3, 0.4) is 0 Å². The summed E-state index contributed by atoms with van der Waals surface area (Å²) in [6.45, 7) is 3.49. The highest BCUT2D eigenvalue weighted by Gasteiger charge is 2.26. The number of piperidine rings is 1. The van der Waals surface area contributed by atoms with Crippen LogP contribution in [0.1, 0.15) is 18.9 Å². The van der Waals surface area contributed by atoms with Crippen molar-refractivity contribution in [3.05, 3.63) is 39.7 Å². The molecule has 0 aliphatic carbocycles. The maximum atomic E-state index is 13.2. The standard InChI is InChI=1S/C13H17FN2O3/c1-9-4-5-15(8-13(9)17)7-10-6-11(14)2-3-12(10)16(18)19/h2-3,6,9,13,17H,4-5,7-8H2,1H3. The van der Waals surface area contributed by atoms with Crippen LogP contribution in [-0.4, -0.2) is 34.1 Å². The summed E-state index contributed by atoms with van der Waals surface area (Å²) in [4.78, 5) is 12.3. The normalized spacial score (nSPS) is 24.4. The van der Waals surface area contributed by atoms with E-state index in [9.17, 15) is 19.6 Å². The van der Waals surface area contributed by atoms with Crippen molar-refractivity contribution in [1.82, 2.24) is 4.90 Å². The number of nitro groups is 1. The summed E-state index contributed by atoms with van der Waals surface area (Å²) in [5, 5.41) is 20.7. The Balaban J connectivity index is 2.14. The summed E-state index contributed by atoms with van der Waals surface area (Å²) in [5.74, 6) is -0.245. The maximum absolute atomic E-state index is 13.2. The molecule has 6 heteroatoms. The Morgan fingerprint density at radius 1 is 1.58 bits per heavy atom. The summed E-state index contributed by atoms with van der Waals surface area (Å²) in [7, 11) is 0. The van der Waals surface area contributed by atoms with Crippen molar-refractivity contribution in [3.63, 3.8) is 0 Å². The molecule has 1 heterocycles. The fourth-order valence-corrected chi connectivity index (χ4v) is 2.36. The van der Waals surface area contributed by atoms with Crippen molar-refractivity contribution in [2.45, 2.75) is 26.0 Å². The first-order valence-corrected chi connectivity index (χ1v) is 6.30. The number of benzene rings is 1. The zero-order valence-corrected chi connectivity index (χ0v) is 10.8. The van der Waals surface area contributed by atoms with Gasteiger partial charge in [0, 0.05) is 24.7 Å². The summed E-state index contributed by atoms with van der Waals surface area (Å²) in [6, 6.07) is 3.48. The van der Waals surface area contributed by atoms with E-state index in [0.29, 0.717) is 12.1 Å². The van der Waals surface area contributed by atoms with E-state index < -0.39 is 16.8 Å². The number of nitro benzene ring substituents is 1. The van der Waals surface area contributed by atoms with Gasteiger partial charge in [-0.05, 0) is 31.0 Å². The third kappa shape index (κ3) is 3.27. The molecule has 0 aromatic heterocycles. The Bertz CT molecular complexity index is 481. The van der Waals surface area contributed by atoms with E-state index in [2.05, 4.69) is 0 Å². The largest absolute Gasteiger partial charge is 0.392 e. The predicted octanol–water partition coefficient (Wildman–Crippen LogP) is 1.94. The van der Waals surface area contributed by atoms with Crippen LogP contribution < -0.4 is 0 Å². The number of hydrogen-bond donors (Lipinski definition) is 1. The fourth-order valence-electron chi connectivity index (χ4n) is 2.36. The van der Waals surface area contributed by atoms with Gasteiger partial charge < -0.3 is 5.11 Å². The molecule has 2 rings (SSSR count). The van der Waals surface area contributed by atoms with Gasteiger partial charge in [0.1, 0.15) is 5.82 Å². The monoisotopic (exact) mass is 268 g/mol. The third-order valence-corrected chi connectivity index (χ3v) is 3.63. The van der Waals surface area contributed by atoms with Gasteiger partial charge in [-0.2, -0.15) is 0 Å². The predicted molar refractivity (Wildman–Crippen MR) is 68.1 cm³/mol. The van der Waals surface area contributed by atoms with Crippen molar-refractivity contribution >= 4 is 5.69 Å². The first-order valence-electron chi connectivity index (χ1n) is 6.30. The van der Waals surface area contributed by atoms with Gasteiger partial charge in [0.15, 0.2) is 0 Å². The molecule has 1 fully saturated rings. The lowest BCUT2D eigenvalue weighted by molar-refractivity contribution is -0.385. The molecule has 0 saturated carbocycles. The maximum Gasteiger partial charge on any atom is 0.274 e. The Hall–Kier alpha value is -1.53.